The molecule has 21 heavy (non-hydrogen) atoms. The van der Waals surface area contributed by atoms with Gasteiger partial charge in [0.15, 0.2) is 0 Å². The predicted octanol–water partition coefficient (Wildman–Crippen LogP) is 0.373. The van der Waals surface area contributed by atoms with Crippen molar-refractivity contribution in [2.24, 2.45) is 5.92 Å². The zero-order chi connectivity index (χ0) is 16.0. The number of hydrogen-bond donors (Lipinski definition) is 2. The van der Waals surface area contributed by atoms with E-state index >= 15 is 0 Å². The number of carbonyl (C=O) groups is 2. The van der Waals surface area contributed by atoms with Gasteiger partial charge in [0.25, 0.3) is 0 Å². The summed E-state index contributed by atoms with van der Waals surface area (Å²) >= 11 is 0. The molecule has 1 fully saturated rings. The van der Waals surface area contributed by atoms with E-state index in [1.54, 1.807) is 0 Å². The van der Waals surface area contributed by atoms with Gasteiger partial charge in [0.05, 0.1) is 18.2 Å². The molecular formula is C15H29N3O3. The highest BCUT2D eigenvalue weighted by Crippen LogP contribution is 2.18. The molecule has 1 aliphatic heterocycles. The minimum absolute atomic E-state index is 0.0247. The maximum atomic E-state index is 12.4. The van der Waals surface area contributed by atoms with Crippen LogP contribution in [0.15, 0.2) is 0 Å². The Morgan fingerprint density at radius 1 is 1.14 bits per heavy atom. The third-order valence-corrected chi connectivity index (χ3v) is 3.54. The highest BCUT2D eigenvalue weighted by atomic mass is 16.5. The molecular weight excluding hydrogens is 270 g/mol. The lowest BCUT2D eigenvalue weighted by Gasteiger charge is -2.41. The Morgan fingerprint density at radius 2 is 1.67 bits per heavy atom. The van der Waals surface area contributed by atoms with Crippen molar-refractivity contribution >= 4 is 11.8 Å². The first-order valence-corrected chi connectivity index (χ1v) is 7.73. The van der Waals surface area contributed by atoms with Gasteiger partial charge in [-0.05, 0) is 19.8 Å². The Bertz CT molecular complexity index is 350. The van der Waals surface area contributed by atoms with E-state index in [-0.39, 0.29) is 36.0 Å². The van der Waals surface area contributed by atoms with E-state index in [0.717, 1.165) is 13.1 Å². The Balaban J connectivity index is 2.55. The van der Waals surface area contributed by atoms with Crippen molar-refractivity contribution in [1.82, 2.24) is 15.5 Å². The van der Waals surface area contributed by atoms with Gasteiger partial charge in [-0.25, -0.2) is 0 Å². The molecule has 0 aromatic heterocycles. The molecule has 2 N–H and O–H groups in total. The van der Waals surface area contributed by atoms with Gasteiger partial charge in [0, 0.05) is 33.1 Å². The summed E-state index contributed by atoms with van der Waals surface area (Å²) in [4.78, 5) is 25.4. The maximum Gasteiger partial charge on any atom is 0.237 e. The summed E-state index contributed by atoms with van der Waals surface area (Å²) < 4.78 is 5.73. The van der Waals surface area contributed by atoms with Gasteiger partial charge in [-0.1, -0.05) is 13.8 Å². The average Bonchev–Trinajstić information content (AvgIpc) is 2.32. The monoisotopic (exact) mass is 299 g/mol. The zero-order valence-corrected chi connectivity index (χ0v) is 13.8. The van der Waals surface area contributed by atoms with Crippen molar-refractivity contribution in [3.8, 4) is 0 Å². The summed E-state index contributed by atoms with van der Waals surface area (Å²) in [6.07, 6.45) is 0.282. The number of nitrogens with zero attached hydrogens (tertiary/aromatic N) is 1. The number of rotatable bonds is 6. The van der Waals surface area contributed by atoms with Gasteiger partial charge in [-0.2, -0.15) is 0 Å². The fourth-order valence-electron chi connectivity index (χ4n) is 2.86. The molecule has 1 saturated heterocycles. The van der Waals surface area contributed by atoms with Crippen LogP contribution in [0.4, 0.5) is 0 Å². The van der Waals surface area contributed by atoms with Crippen molar-refractivity contribution in [1.29, 1.82) is 0 Å². The Labute approximate surface area is 127 Å². The first kappa shape index (κ1) is 17.9. The largest absolute Gasteiger partial charge is 0.373 e. The third kappa shape index (κ3) is 6.01. The second kappa shape index (κ2) is 8.34. The summed E-state index contributed by atoms with van der Waals surface area (Å²) in [5.74, 6) is 0.167. The van der Waals surface area contributed by atoms with Gasteiger partial charge < -0.3 is 15.4 Å². The van der Waals surface area contributed by atoms with Gasteiger partial charge >= 0.3 is 0 Å². The number of morpholine rings is 1. The molecule has 3 unspecified atom stereocenters. The van der Waals surface area contributed by atoms with Crippen LogP contribution in [0, 0.1) is 5.92 Å². The quantitative estimate of drug-likeness (QED) is 0.695. The molecule has 6 heteroatoms. The first-order valence-electron chi connectivity index (χ1n) is 7.73. The van der Waals surface area contributed by atoms with Crippen LogP contribution in [-0.4, -0.2) is 61.1 Å². The second-order valence-corrected chi connectivity index (χ2v) is 6.17. The second-order valence-electron chi connectivity index (χ2n) is 6.17. The van der Waals surface area contributed by atoms with Gasteiger partial charge in [-0.3, -0.25) is 14.5 Å². The summed E-state index contributed by atoms with van der Waals surface area (Å²) in [6.45, 7) is 12.1. The topological polar surface area (TPSA) is 70.7 Å². The SMILES string of the molecule is CC(=O)NCCNC(=O)C(C(C)C)N1CC(C)OC(C)C1. The molecule has 6 nitrogen and oxygen atoms in total. The van der Waals surface area contributed by atoms with Gasteiger partial charge in [-0.15, -0.1) is 0 Å². The highest BCUT2D eigenvalue weighted by Gasteiger charge is 2.33. The van der Waals surface area contributed by atoms with Crippen LogP contribution in [0.25, 0.3) is 0 Å². The van der Waals surface area contributed by atoms with E-state index in [9.17, 15) is 9.59 Å². The lowest BCUT2D eigenvalue weighted by atomic mass is 9.99. The van der Waals surface area contributed by atoms with Gasteiger partial charge in [0.2, 0.25) is 11.8 Å². The van der Waals surface area contributed by atoms with E-state index < -0.39 is 0 Å². The van der Waals surface area contributed by atoms with Crippen molar-refractivity contribution in [3.63, 3.8) is 0 Å². The lowest BCUT2D eigenvalue weighted by Crippen LogP contribution is -2.57. The minimum atomic E-state index is -0.156. The van der Waals surface area contributed by atoms with Crippen LogP contribution in [0.3, 0.4) is 0 Å². The van der Waals surface area contributed by atoms with Crippen molar-refractivity contribution in [2.75, 3.05) is 26.2 Å². The average molecular weight is 299 g/mol. The molecule has 0 saturated carbocycles. The Hall–Kier alpha value is -1.14. The number of amides is 2. The predicted molar refractivity (Wildman–Crippen MR) is 81.9 cm³/mol. The standard InChI is InChI=1S/C15H29N3O3/c1-10(2)14(15(20)17-7-6-16-13(5)19)18-8-11(3)21-12(4)9-18/h10-12,14H,6-9H2,1-5H3,(H,16,19)(H,17,20). The molecule has 0 aliphatic carbocycles. The van der Waals surface area contributed by atoms with E-state index in [1.165, 1.54) is 6.92 Å². The van der Waals surface area contributed by atoms with Crippen molar-refractivity contribution < 1.29 is 14.3 Å². The minimum Gasteiger partial charge on any atom is -0.373 e. The molecule has 0 aromatic carbocycles. The van der Waals surface area contributed by atoms with E-state index in [1.807, 2.05) is 13.8 Å². The van der Waals surface area contributed by atoms with E-state index in [4.69, 9.17) is 4.74 Å². The molecule has 0 aromatic rings. The molecule has 2 amide bonds. The number of carbonyl (C=O) groups excluding carboxylic acids is 2. The van der Waals surface area contributed by atoms with Crippen molar-refractivity contribution in [2.45, 2.75) is 52.9 Å². The first-order chi connectivity index (χ1) is 9.81. The molecule has 3 atom stereocenters. The summed E-state index contributed by atoms with van der Waals surface area (Å²) in [7, 11) is 0. The Kier molecular flexibility index (Phi) is 7.11. The molecule has 0 bridgehead atoms. The Morgan fingerprint density at radius 3 is 2.14 bits per heavy atom. The summed E-state index contributed by atoms with van der Waals surface area (Å²) in [5, 5.41) is 5.59. The van der Waals surface area contributed by atoms with Gasteiger partial charge in [0.1, 0.15) is 0 Å². The van der Waals surface area contributed by atoms with Crippen LogP contribution in [-0.2, 0) is 14.3 Å². The number of ether oxygens (including phenoxy) is 1. The molecule has 0 spiro atoms. The van der Waals surface area contributed by atoms with Crippen molar-refractivity contribution in [3.05, 3.63) is 0 Å². The number of nitrogens with one attached hydrogen (secondary N) is 2. The summed E-state index contributed by atoms with van der Waals surface area (Å²) in [5.41, 5.74) is 0. The molecule has 1 aliphatic rings. The molecule has 1 rings (SSSR count). The molecule has 1 heterocycles. The van der Waals surface area contributed by atoms with Crippen LogP contribution < -0.4 is 10.6 Å². The lowest BCUT2D eigenvalue weighted by molar-refractivity contribution is -0.135. The zero-order valence-electron chi connectivity index (χ0n) is 13.8. The smallest absolute Gasteiger partial charge is 0.237 e. The summed E-state index contributed by atoms with van der Waals surface area (Å²) in [6, 6.07) is -0.156. The van der Waals surface area contributed by atoms with Crippen LogP contribution >= 0.6 is 0 Å². The third-order valence-electron chi connectivity index (χ3n) is 3.54. The maximum absolute atomic E-state index is 12.4. The fourth-order valence-corrected chi connectivity index (χ4v) is 2.86. The molecule has 0 radical (unpaired) electrons. The fraction of sp³-hybridized carbons (Fsp3) is 0.867. The van der Waals surface area contributed by atoms with Crippen LogP contribution in [0.1, 0.15) is 34.6 Å². The highest BCUT2D eigenvalue weighted by molar-refractivity contribution is 5.82. The van der Waals surface area contributed by atoms with E-state index in [2.05, 4.69) is 29.4 Å². The van der Waals surface area contributed by atoms with Crippen LogP contribution in [0.2, 0.25) is 0 Å². The normalized spacial score (nSPS) is 24.7. The molecule has 122 valence electrons. The number of hydrogen-bond acceptors (Lipinski definition) is 4. The van der Waals surface area contributed by atoms with Crippen LogP contribution in [0.5, 0.6) is 0 Å². The van der Waals surface area contributed by atoms with E-state index in [0.29, 0.717) is 13.1 Å².